The summed E-state index contributed by atoms with van der Waals surface area (Å²) in [6, 6.07) is 10.2. The molecule has 22 heavy (non-hydrogen) atoms. The molecule has 1 aromatic heterocycles. The van der Waals surface area contributed by atoms with E-state index in [0.717, 1.165) is 16.7 Å². The third-order valence-electron chi connectivity index (χ3n) is 3.22. The fourth-order valence-corrected chi connectivity index (χ4v) is 3.30. The monoisotopic (exact) mass is 384 g/mol. The Kier molecular flexibility index (Phi) is 6.09. The van der Waals surface area contributed by atoms with Crippen LogP contribution in [0.25, 0.3) is 0 Å². The van der Waals surface area contributed by atoms with Crippen molar-refractivity contribution in [2.45, 2.75) is 43.1 Å². The number of nitrogens with zero attached hydrogens (tertiary/aromatic N) is 1. The summed E-state index contributed by atoms with van der Waals surface area (Å²) in [5.74, 6) is 0.493. The Morgan fingerprint density at radius 2 is 2.05 bits per heavy atom. The minimum atomic E-state index is -0.120. The predicted molar refractivity (Wildman–Crippen MR) is 92.9 cm³/mol. The van der Waals surface area contributed by atoms with Crippen LogP contribution in [0, 0.1) is 0 Å². The third kappa shape index (κ3) is 5.12. The van der Waals surface area contributed by atoms with Gasteiger partial charge in [-0.2, -0.15) is 0 Å². The molecule has 0 spiro atoms. The predicted octanol–water partition coefficient (Wildman–Crippen LogP) is 4.15. The van der Waals surface area contributed by atoms with Gasteiger partial charge in [0.25, 0.3) is 0 Å². The van der Waals surface area contributed by atoms with Crippen molar-refractivity contribution in [2.75, 3.05) is 6.54 Å². The summed E-state index contributed by atoms with van der Waals surface area (Å²) < 4.78 is 6.16. The molecule has 1 atom stereocenters. The molecule has 0 saturated heterocycles. The summed E-state index contributed by atoms with van der Waals surface area (Å²) in [4.78, 5) is 1.24. The van der Waals surface area contributed by atoms with Gasteiger partial charge in [-0.25, -0.2) is 0 Å². The van der Waals surface area contributed by atoms with E-state index >= 15 is 0 Å². The van der Waals surface area contributed by atoms with E-state index in [-0.39, 0.29) is 17.4 Å². The van der Waals surface area contributed by atoms with Crippen LogP contribution in [0.15, 0.2) is 44.2 Å². The molecular weight excluding hydrogens is 364 g/mol. The summed E-state index contributed by atoms with van der Waals surface area (Å²) in [6.07, 6.45) is 0. The third-order valence-corrected chi connectivity index (χ3v) is 4.95. The number of rotatable bonds is 7. The molecule has 0 aliphatic heterocycles. The Balaban J connectivity index is 1.89. The maximum atomic E-state index is 9.01. The van der Waals surface area contributed by atoms with Crippen LogP contribution < -0.4 is 5.32 Å². The van der Waals surface area contributed by atoms with Gasteiger partial charge in [0, 0.05) is 26.7 Å². The highest BCUT2D eigenvalue weighted by Gasteiger charge is 2.21. The number of thioether (sulfide) groups is 1. The smallest absolute Gasteiger partial charge is 0.162 e. The normalized spacial score (nSPS) is 13.3. The molecule has 0 aliphatic rings. The van der Waals surface area contributed by atoms with Gasteiger partial charge in [0.05, 0.1) is 6.04 Å². The quantitative estimate of drug-likeness (QED) is 0.702. The van der Waals surface area contributed by atoms with E-state index in [1.807, 2.05) is 18.7 Å². The van der Waals surface area contributed by atoms with Gasteiger partial charge in [0.2, 0.25) is 0 Å². The van der Waals surface area contributed by atoms with Crippen LogP contribution in [0.2, 0.25) is 0 Å². The first-order valence-electron chi connectivity index (χ1n) is 7.14. The van der Waals surface area contributed by atoms with Crippen LogP contribution in [0.3, 0.4) is 0 Å². The summed E-state index contributed by atoms with van der Waals surface area (Å²) in [5.41, 5.74) is 0.813. The SMILES string of the molecule is CC(NCC(C)(C)Sc1ccc(Br)cc1)c1cc(CO)on1. The first-order valence-corrected chi connectivity index (χ1v) is 8.75. The Morgan fingerprint density at radius 1 is 1.36 bits per heavy atom. The first kappa shape index (κ1) is 17.5. The minimum absolute atomic E-state index is 0.0473. The van der Waals surface area contributed by atoms with Crippen LogP contribution in [0.5, 0.6) is 0 Å². The highest BCUT2D eigenvalue weighted by molar-refractivity contribution is 9.10. The van der Waals surface area contributed by atoms with E-state index in [4.69, 9.17) is 9.63 Å². The molecule has 0 bridgehead atoms. The molecule has 2 rings (SSSR count). The van der Waals surface area contributed by atoms with E-state index in [9.17, 15) is 0 Å². The fourth-order valence-electron chi connectivity index (χ4n) is 1.97. The zero-order chi connectivity index (χ0) is 16.2. The molecule has 1 aromatic carbocycles. The fraction of sp³-hybridized carbons (Fsp3) is 0.438. The number of halogens is 1. The number of hydrogen-bond donors (Lipinski definition) is 2. The van der Waals surface area contributed by atoms with Gasteiger partial charge in [-0.1, -0.05) is 21.1 Å². The van der Waals surface area contributed by atoms with E-state index in [1.165, 1.54) is 4.90 Å². The molecule has 0 aliphatic carbocycles. The lowest BCUT2D eigenvalue weighted by molar-refractivity contribution is 0.228. The number of aliphatic hydroxyl groups excluding tert-OH is 1. The van der Waals surface area contributed by atoms with Crippen LogP contribution in [-0.4, -0.2) is 21.6 Å². The zero-order valence-corrected chi connectivity index (χ0v) is 15.4. The highest BCUT2D eigenvalue weighted by atomic mass is 79.9. The lowest BCUT2D eigenvalue weighted by atomic mass is 10.1. The number of benzene rings is 1. The van der Waals surface area contributed by atoms with Crippen LogP contribution in [0.4, 0.5) is 0 Å². The number of nitrogens with one attached hydrogen (secondary N) is 1. The number of aliphatic hydroxyl groups is 1. The summed E-state index contributed by atoms with van der Waals surface area (Å²) in [7, 11) is 0. The molecule has 4 nitrogen and oxygen atoms in total. The van der Waals surface area contributed by atoms with Gasteiger partial charge in [-0.15, -0.1) is 11.8 Å². The molecule has 2 aromatic rings. The van der Waals surface area contributed by atoms with Crippen molar-refractivity contribution >= 4 is 27.7 Å². The summed E-state index contributed by atoms with van der Waals surface area (Å²) in [6.45, 7) is 7.17. The van der Waals surface area contributed by atoms with Gasteiger partial charge in [-0.05, 0) is 45.0 Å². The molecule has 1 unspecified atom stereocenters. The van der Waals surface area contributed by atoms with Gasteiger partial charge >= 0.3 is 0 Å². The van der Waals surface area contributed by atoms with Gasteiger partial charge < -0.3 is 14.9 Å². The number of hydrogen-bond acceptors (Lipinski definition) is 5. The maximum Gasteiger partial charge on any atom is 0.162 e. The maximum absolute atomic E-state index is 9.01. The first-order chi connectivity index (χ1) is 10.4. The van der Waals surface area contributed by atoms with Crippen LogP contribution in [0.1, 0.15) is 38.3 Å². The van der Waals surface area contributed by atoms with Crippen molar-refractivity contribution in [3.05, 3.63) is 46.3 Å². The second kappa shape index (κ2) is 7.64. The standard InChI is InChI=1S/C16H21BrN2O2S/c1-11(15-8-13(9-20)21-19-15)18-10-16(2,3)22-14-6-4-12(17)5-7-14/h4-8,11,18,20H,9-10H2,1-3H3. The van der Waals surface area contributed by atoms with E-state index in [2.05, 4.69) is 64.5 Å². The molecule has 120 valence electrons. The van der Waals surface area contributed by atoms with Crippen LogP contribution >= 0.6 is 27.7 Å². The molecule has 0 radical (unpaired) electrons. The minimum Gasteiger partial charge on any atom is -0.388 e. The largest absolute Gasteiger partial charge is 0.388 e. The summed E-state index contributed by atoms with van der Waals surface area (Å²) >= 11 is 5.29. The van der Waals surface area contributed by atoms with E-state index in [0.29, 0.717) is 5.76 Å². The van der Waals surface area contributed by atoms with Gasteiger partial charge in [0.15, 0.2) is 5.76 Å². The Bertz CT molecular complexity index is 598. The van der Waals surface area contributed by atoms with E-state index < -0.39 is 0 Å². The average molecular weight is 385 g/mol. The lowest BCUT2D eigenvalue weighted by Gasteiger charge is -2.26. The Morgan fingerprint density at radius 3 is 2.64 bits per heavy atom. The lowest BCUT2D eigenvalue weighted by Crippen LogP contribution is -2.33. The highest BCUT2D eigenvalue weighted by Crippen LogP contribution is 2.33. The van der Waals surface area contributed by atoms with E-state index in [1.54, 1.807) is 6.07 Å². The van der Waals surface area contributed by atoms with Gasteiger partial charge in [0.1, 0.15) is 12.3 Å². The zero-order valence-electron chi connectivity index (χ0n) is 13.0. The molecule has 6 heteroatoms. The van der Waals surface area contributed by atoms with Gasteiger partial charge in [-0.3, -0.25) is 0 Å². The molecular formula is C16H21BrN2O2S. The van der Waals surface area contributed by atoms with Crippen molar-refractivity contribution in [1.82, 2.24) is 10.5 Å². The summed E-state index contributed by atoms with van der Waals surface area (Å²) in [5, 5.41) is 16.5. The molecule has 2 N–H and O–H groups in total. The molecule has 1 heterocycles. The Labute approximate surface area is 143 Å². The number of aromatic nitrogens is 1. The molecule has 0 fully saturated rings. The van der Waals surface area contributed by atoms with Crippen molar-refractivity contribution in [3.8, 4) is 0 Å². The molecule has 0 amide bonds. The van der Waals surface area contributed by atoms with Crippen LogP contribution in [-0.2, 0) is 6.61 Å². The molecule has 0 saturated carbocycles. The second-order valence-corrected chi connectivity index (χ2v) is 8.49. The topological polar surface area (TPSA) is 58.3 Å². The van der Waals surface area contributed by atoms with Crippen molar-refractivity contribution in [3.63, 3.8) is 0 Å². The van der Waals surface area contributed by atoms with Crippen molar-refractivity contribution in [1.29, 1.82) is 0 Å². The Hall–Kier alpha value is -0.820. The second-order valence-electron chi connectivity index (χ2n) is 5.79. The average Bonchev–Trinajstić information content (AvgIpc) is 2.96. The van der Waals surface area contributed by atoms with Crippen molar-refractivity contribution in [2.24, 2.45) is 0 Å². The van der Waals surface area contributed by atoms with Crippen molar-refractivity contribution < 1.29 is 9.63 Å².